The number of carbonyl (C=O) groups excluding carboxylic acids is 1. The highest BCUT2D eigenvalue weighted by atomic mass is 16.5. The molecule has 0 spiro atoms. The maximum absolute atomic E-state index is 12.6. The molecule has 0 fully saturated rings. The van der Waals surface area contributed by atoms with Gasteiger partial charge in [0.1, 0.15) is 11.4 Å². The van der Waals surface area contributed by atoms with Crippen LogP contribution in [0.25, 0.3) is 17.1 Å². The minimum absolute atomic E-state index is 0.0850. The number of H-pyrrole nitrogens is 1. The van der Waals surface area contributed by atoms with Gasteiger partial charge in [-0.2, -0.15) is 0 Å². The summed E-state index contributed by atoms with van der Waals surface area (Å²) in [5.74, 6) is -1.65. The van der Waals surface area contributed by atoms with E-state index in [9.17, 15) is 14.7 Å². The van der Waals surface area contributed by atoms with Crippen LogP contribution in [0.1, 0.15) is 5.56 Å². The van der Waals surface area contributed by atoms with Crippen molar-refractivity contribution in [1.82, 2.24) is 9.97 Å². The van der Waals surface area contributed by atoms with Crippen molar-refractivity contribution in [1.29, 1.82) is 0 Å². The summed E-state index contributed by atoms with van der Waals surface area (Å²) >= 11 is 0. The summed E-state index contributed by atoms with van der Waals surface area (Å²) in [5.41, 5.74) is 1.42. The first-order valence-corrected chi connectivity index (χ1v) is 8.32. The lowest BCUT2D eigenvalue weighted by Crippen LogP contribution is -2.12. The van der Waals surface area contributed by atoms with E-state index in [2.05, 4.69) is 15.3 Å². The molecule has 1 aliphatic rings. The number of carboxylic acid groups (broad SMARTS) is 1. The number of Topliss-reactive ketones (excluding diaryl/α,β-unsaturated/α-hetero) is 1. The van der Waals surface area contributed by atoms with E-state index in [1.165, 1.54) is 6.08 Å². The van der Waals surface area contributed by atoms with Crippen LogP contribution in [0.15, 0.2) is 66.0 Å². The number of allylic oxidation sites excluding steroid dienone is 1. The lowest BCUT2D eigenvalue weighted by molar-refractivity contribution is -0.134. The Balaban J connectivity index is 1.66. The number of carbonyl (C=O) groups is 2. The zero-order chi connectivity index (χ0) is 19.7. The number of anilines is 1. The van der Waals surface area contributed by atoms with E-state index in [0.717, 1.165) is 5.39 Å². The first-order chi connectivity index (χ1) is 13.6. The Morgan fingerprint density at radius 3 is 2.79 bits per heavy atom. The number of aliphatic carboxylic acids is 1. The van der Waals surface area contributed by atoms with Crippen LogP contribution in [0.2, 0.25) is 0 Å². The van der Waals surface area contributed by atoms with E-state index in [1.54, 1.807) is 49.8 Å². The van der Waals surface area contributed by atoms with Crippen LogP contribution in [0.5, 0.6) is 5.75 Å². The number of hydrogen-bond donors (Lipinski definition) is 3. The molecule has 0 saturated heterocycles. The van der Waals surface area contributed by atoms with Gasteiger partial charge in [0.15, 0.2) is 11.3 Å². The number of aromatic amines is 1. The van der Waals surface area contributed by atoms with Crippen molar-refractivity contribution in [2.75, 3.05) is 12.4 Å². The maximum atomic E-state index is 12.6. The molecule has 0 saturated carbocycles. The molecule has 0 atom stereocenters. The average Bonchev–Trinajstić information content (AvgIpc) is 3.24. The van der Waals surface area contributed by atoms with Crippen molar-refractivity contribution in [2.24, 2.45) is 0 Å². The van der Waals surface area contributed by atoms with Crippen molar-refractivity contribution in [3.63, 3.8) is 0 Å². The van der Waals surface area contributed by atoms with E-state index >= 15 is 0 Å². The molecule has 4 rings (SSSR count). The fourth-order valence-electron chi connectivity index (χ4n) is 2.85. The van der Waals surface area contributed by atoms with Gasteiger partial charge in [-0.15, -0.1) is 0 Å². The van der Waals surface area contributed by atoms with Crippen molar-refractivity contribution in [3.05, 3.63) is 71.6 Å². The Labute approximate surface area is 159 Å². The normalized spacial score (nSPS) is 15.2. The molecule has 3 aromatic rings. The third kappa shape index (κ3) is 3.07. The van der Waals surface area contributed by atoms with Crippen LogP contribution in [-0.4, -0.2) is 33.9 Å². The highest BCUT2D eigenvalue weighted by Crippen LogP contribution is 2.30. The number of benzene rings is 1. The number of aromatic nitrogens is 2. The third-order valence-electron chi connectivity index (χ3n) is 4.22. The summed E-state index contributed by atoms with van der Waals surface area (Å²) in [6.07, 6.45) is 4.82. The number of carboxylic acids is 1. The molecule has 0 aliphatic carbocycles. The number of nitrogens with one attached hydrogen (secondary N) is 2. The van der Waals surface area contributed by atoms with Gasteiger partial charge >= 0.3 is 5.97 Å². The second kappa shape index (κ2) is 6.92. The van der Waals surface area contributed by atoms with Gasteiger partial charge in [0.2, 0.25) is 11.7 Å². The van der Waals surface area contributed by atoms with Crippen molar-refractivity contribution in [3.8, 4) is 5.75 Å². The van der Waals surface area contributed by atoms with Crippen molar-refractivity contribution < 1.29 is 24.2 Å². The van der Waals surface area contributed by atoms with E-state index < -0.39 is 17.3 Å². The Bertz CT molecular complexity index is 1140. The van der Waals surface area contributed by atoms with Crippen molar-refractivity contribution >= 4 is 34.5 Å². The molecule has 2 aromatic heterocycles. The van der Waals surface area contributed by atoms with Crippen molar-refractivity contribution in [2.45, 2.75) is 0 Å². The molecule has 1 aliphatic heterocycles. The topological polar surface area (TPSA) is 114 Å². The fraction of sp³-hybridized carbons (Fsp3) is 0.0500. The summed E-state index contributed by atoms with van der Waals surface area (Å²) in [4.78, 5) is 31.4. The van der Waals surface area contributed by atoms with Crippen LogP contribution in [0.3, 0.4) is 0 Å². The molecule has 3 N–H and O–H groups in total. The van der Waals surface area contributed by atoms with Gasteiger partial charge in [-0.25, -0.2) is 9.78 Å². The van der Waals surface area contributed by atoms with E-state index in [4.69, 9.17) is 9.47 Å². The Morgan fingerprint density at radius 2 is 2.07 bits per heavy atom. The minimum Gasteiger partial charge on any atom is -0.497 e. The summed E-state index contributed by atoms with van der Waals surface area (Å²) in [5, 5.41) is 13.1. The van der Waals surface area contributed by atoms with Gasteiger partial charge in [0, 0.05) is 29.0 Å². The number of pyridine rings is 1. The number of ether oxygens (including phenoxy) is 2. The van der Waals surface area contributed by atoms with E-state index in [-0.39, 0.29) is 11.6 Å². The summed E-state index contributed by atoms with van der Waals surface area (Å²) in [6, 6.07) is 10.4. The Kier molecular flexibility index (Phi) is 4.29. The molecular formula is C20H15N3O5. The van der Waals surface area contributed by atoms with Crippen LogP contribution >= 0.6 is 0 Å². The summed E-state index contributed by atoms with van der Waals surface area (Å²) in [6.45, 7) is 0. The standard InChI is InChI=1S/C20H15N3O5/c1-27-13-6-4-12(5-7-13)23-19-16(20(25)26)17(24)15(28-19)9-11-10-22-18-14(11)3-2-8-21-18/h2-10,23H,1H3,(H,21,22)(H,25,26). The number of methoxy groups -OCH3 is 1. The van der Waals surface area contributed by atoms with Crippen LogP contribution in [0, 0.1) is 0 Å². The van der Waals surface area contributed by atoms with E-state index in [1.807, 2.05) is 6.07 Å². The molecule has 0 amide bonds. The molecule has 3 heterocycles. The molecule has 140 valence electrons. The van der Waals surface area contributed by atoms with Gasteiger partial charge < -0.3 is 24.9 Å². The summed E-state index contributed by atoms with van der Waals surface area (Å²) in [7, 11) is 1.55. The molecule has 8 heteroatoms. The minimum atomic E-state index is -1.37. The summed E-state index contributed by atoms with van der Waals surface area (Å²) < 4.78 is 10.7. The third-order valence-corrected chi connectivity index (χ3v) is 4.22. The highest BCUT2D eigenvalue weighted by Gasteiger charge is 2.36. The first-order valence-electron chi connectivity index (χ1n) is 8.32. The molecule has 1 aromatic carbocycles. The molecule has 0 unspecified atom stereocenters. The number of hydrogen-bond acceptors (Lipinski definition) is 6. The number of rotatable bonds is 5. The highest BCUT2D eigenvalue weighted by molar-refractivity contribution is 6.26. The number of ketones is 1. The van der Waals surface area contributed by atoms with E-state index in [0.29, 0.717) is 22.6 Å². The average molecular weight is 377 g/mol. The monoisotopic (exact) mass is 377 g/mol. The quantitative estimate of drug-likeness (QED) is 0.463. The first kappa shape index (κ1) is 17.3. The maximum Gasteiger partial charge on any atom is 0.345 e. The van der Waals surface area contributed by atoms with Gasteiger partial charge in [0.05, 0.1) is 7.11 Å². The lowest BCUT2D eigenvalue weighted by Gasteiger charge is -2.08. The molecule has 0 bridgehead atoms. The molecule has 0 radical (unpaired) electrons. The predicted molar refractivity (Wildman–Crippen MR) is 101 cm³/mol. The zero-order valence-electron chi connectivity index (χ0n) is 14.7. The van der Waals surface area contributed by atoms with Gasteiger partial charge in [-0.1, -0.05) is 0 Å². The van der Waals surface area contributed by atoms with Gasteiger partial charge in [-0.05, 0) is 42.5 Å². The predicted octanol–water partition coefficient (Wildman–Crippen LogP) is 2.92. The SMILES string of the molecule is COc1ccc(NC2=C(C(=O)O)C(=O)C(=Cc3c[nH]c4ncccc34)O2)cc1. The number of nitrogens with zero attached hydrogens (tertiary/aromatic N) is 1. The zero-order valence-corrected chi connectivity index (χ0v) is 14.7. The second-order valence-electron chi connectivity index (χ2n) is 5.95. The Morgan fingerprint density at radius 1 is 1.29 bits per heavy atom. The van der Waals surface area contributed by atoms with Gasteiger partial charge in [0.25, 0.3) is 0 Å². The molecular weight excluding hydrogens is 362 g/mol. The van der Waals surface area contributed by atoms with Crippen LogP contribution in [-0.2, 0) is 14.3 Å². The van der Waals surface area contributed by atoms with Gasteiger partial charge in [-0.3, -0.25) is 4.79 Å². The fourth-order valence-corrected chi connectivity index (χ4v) is 2.85. The molecule has 28 heavy (non-hydrogen) atoms. The lowest BCUT2D eigenvalue weighted by atomic mass is 10.1. The second-order valence-corrected chi connectivity index (χ2v) is 5.95. The van der Waals surface area contributed by atoms with Crippen LogP contribution in [0.4, 0.5) is 5.69 Å². The largest absolute Gasteiger partial charge is 0.497 e. The number of fused-ring (bicyclic) bond motifs is 1. The Hall–Kier alpha value is -4.07. The smallest absolute Gasteiger partial charge is 0.345 e. The molecule has 8 nitrogen and oxygen atoms in total. The van der Waals surface area contributed by atoms with Crippen LogP contribution < -0.4 is 10.1 Å².